The van der Waals surface area contributed by atoms with E-state index in [1.807, 2.05) is 36.4 Å². The molecule has 2 N–H and O–H groups in total. The maximum Gasteiger partial charge on any atom is 0.108 e. The Bertz CT molecular complexity index is 733. The zero-order valence-corrected chi connectivity index (χ0v) is 13.8. The molecule has 1 unspecified atom stereocenters. The van der Waals surface area contributed by atoms with Gasteiger partial charge in [0.2, 0.25) is 0 Å². The van der Waals surface area contributed by atoms with Gasteiger partial charge in [-0.2, -0.15) is 10.2 Å². The Morgan fingerprint density at radius 1 is 1.46 bits per heavy atom. The smallest absolute Gasteiger partial charge is 0.108 e. The van der Waals surface area contributed by atoms with Gasteiger partial charge in [-0.25, -0.2) is 0 Å². The van der Waals surface area contributed by atoms with Crippen LogP contribution in [0, 0.1) is 0 Å². The summed E-state index contributed by atoms with van der Waals surface area (Å²) in [6, 6.07) is 0.412. The highest BCUT2D eigenvalue weighted by Crippen LogP contribution is 2.15. The summed E-state index contributed by atoms with van der Waals surface area (Å²) >= 11 is 0. The number of hydrogen-bond acceptors (Lipinski definition) is 6. The van der Waals surface area contributed by atoms with Crippen molar-refractivity contribution in [1.29, 1.82) is 0 Å². The Morgan fingerprint density at radius 3 is 3.08 bits per heavy atom. The number of rotatable bonds is 7. The highest BCUT2D eigenvalue weighted by Gasteiger charge is 2.17. The molecule has 1 saturated heterocycles. The van der Waals surface area contributed by atoms with Gasteiger partial charge in [0.05, 0.1) is 29.8 Å². The molecule has 1 atom stereocenters. The van der Waals surface area contributed by atoms with Crippen molar-refractivity contribution in [3.8, 4) is 0 Å². The summed E-state index contributed by atoms with van der Waals surface area (Å²) in [5.74, 6) is 0. The minimum atomic E-state index is 0.412. The van der Waals surface area contributed by atoms with Gasteiger partial charge in [0.1, 0.15) is 6.67 Å². The number of aryl methyl sites for hydroxylation is 1. The van der Waals surface area contributed by atoms with E-state index in [9.17, 15) is 0 Å². The van der Waals surface area contributed by atoms with E-state index in [1.54, 1.807) is 17.1 Å². The molecule has 0 bridgehead atoms. The Hall–Kier alpha value is -2.74. The van der Waals surface area contributed by atoms with E-state index in [4.69, 9.17) is 0 Å². The highest BCUT2D eigenvalue weighted by molar-refractivity contribution is 6.08. The van der Waals surface area contributed by atoms with Crippen molar-refractivity contribution < 1.29 is 0 Å². The van der Waals surface area contributed by atoms with Gasteiger partial charge in [-0.05, 0) is 25.8 Å². The third kappa shape index (κ3) is 3.96. The lowest BCUT2D eigenvalue weighted by molar-refractivity contribution is 0.490. The summed E-state index contributed by atoms with van der Waals surface area (Å²) < 4.78 is 3.75. The van der Waals surface area contributed by atoms with Crippen LogP contribution in [0.2, 0.25) is 0 Å². The predicted molar refractivity (Wildman–Crippen MR) is 95.7 cm³/mol. The number of nitrogens with one attached hydrogen (secondary N) is 2. The average molecular weight is 326 g/mol. The second-order valence-corrected chi connectivity index (χ2v) is 5.63. The van der Waals surface area contributed by atoms with Crippen molar-refractivity contribution in [2.75, 3.05) is 25.1 Å². The number of aliphatic imine (C=N–C) groups is 2. The van der Waals surface area contributed by atoms with Crippen LogP contribution in [0.5, 0.6) is 0 Å². The Balaban J connectivity index is 1.71. The molecule has 0 aliphatic carbocycles. The van der Waals surface area contributed by atoms with Crippen LogP contribution in [-0.2, 0) is 7.05 Å². The van der Waals surface area contributed by atoms with Crippen molar-refractivity contribution in [3.63, 3.8) is 0 Å². The van der Waals surface area contributed by atoms with Crippen molar-refractivity contribution in [3.05, 3.63) is 42.6 Å². The molecule has 0 amide bonds. The van der Waals surface area contributed by atoms with Gasteiger partial charge in [-0.3, -0.25) is 19.3 Å². The SMILES string of the molecule is C=N/C=C\C(=NCNc1cnn(C)c1)c1cnn(C2CCNC2)c1. The lowest BCUT2D eigenvalue weighted by atomic mass is 10.2. The Labute approximate surface area is 141 Å². The van der Waals surface area contributed by atoms with Crippen LogP contribution in [0.3, 0.4) is 0 Å². The first kappa shape index (κ1) is 16.1. The lowest BCUT2D eigenvalue weighted by Gasteiger charge is -2.07. The molecule has 1 fully saturated rings. The number of anilines is 1. The van der Waals surface area contributed by atoms with Crippen molar-refractivity contribution in [2.24, 2.45) is 17.0 Å². The Morgan fingerprint density at radius 2 is 2.38 bits per heavy atom. The van der Waals surface area contributed by atoms with Crippen LogP contribution in [0.15, 0.2) is 47.0 Å². The fourth-order valence-corrected chi connectivity index (χ4v) is 2.63. The van der Waals surface area contributed by atoms with E-state index in [0.717, 1.165) is 36.5 Å². The summed E-state index contributed by atoms with van der Waals surface area (Å²) in [5.41, 5.74) is 2.71. The fraction of sp³-hybridized carbons (Fsp3) is 0.375. The number of hydrogen-bond donors (Lipinski definition) is 2. The summed E-state index contributed by atoms with van der Waals surface area (Å²) in [6.45, 7) is 5.92. The zero-order chi connectivity index (χ0) is 16.8. The fourth-order valence-electron chi connectivity index (χ4n) is 2.63. The largest absolute Gasteiger partial charge is 0.364 e. The second-order valence-electron chi connectivity index (χ2n) is 5.63. The molecule has 1 aliphatic heterocycles. The topological polar surface area (TPSA) is 84.4 Å². The molecule has 8 heteroatoms. The molecular weight excluding hydrogens is 304 g/mol. The molecule has 0 aromatic carbocycles. The monoisotopic (exact) mass is 326 g/mol. The van der Waals surface area contributed by atoms with E-state index >= 15 is 0 Å². The van der Waals surface area contributed by atoms with Crippen LogP contribution >= 0.6 is 0 Å². The number of nitrogens with zero attached hydrogens (tertiary/aromatic N) is 6. The molecule has 8 nitrogen and oxygen atoms in total. The first-order valence-corrected chi connectivity index (χ1v) is 7.91. The van der Waals surface area contributed by atoms with Gasteiger partial charge in [0.15, 0.2) is 0 Å². The van der Waals surface area contributed by atoms with Crippen LogP contribution < -0.4 is 10.6 Å². The summed E-state index contributed by atoms with van der Waals surface area (Å²) in [5, 5.41) is 15.2. The Kier molecular flexibility index (Phi) is 5.17. The van der Waals surface area contributed by atoms with Crippen LogP contribution in [0.1, 0.15) is 18.0 Å². The number of aromatic nitrogens is 4. The van der Waals surface area contributed by atoms with Gasteiger partial charge in [0, 0.05) is 37.7 Å². The summed E-state index contributed by atoms with van der Waals surface area (Å²) in [7, 11) is 1.88. The molecule has 1 aliphatic rings. The molecule has 3 heterocycles. The van der Waals surface area contributed by atoms with E-state index in [0.29, 0.717) is 12.7 Å². The van der Waals surface area contributed by atoms with E-state index in [2.05, 4.69) is 37.5 Å². The van der Waals surface area contributed by atoms with Crippen molar-refractivity contribution >= 4 is 18.1 Å². The normalized spacial score (nSPS) is 18.4. The molecule has 0 saturated carbocycles. The molecule has 2 aromatic heterocycles. The molecule has 3 rings (SSSR count). The first-order valence-electron chi connectivity index (χ1n) is 7.91. The molecule has 24 heavy (non-hydrogen) atoms. The summed E-state index contributed by atoms with van der Waals surface area (Å²) in [4.78, 5) is 8.37. The minimum absolute atomic E-state index is 0.412. The van der Waals surface area contributed by atoms with Crippen molar-refractivity contribution in [1.82, 2.24) is 24.9 Å². The molecule has 0 radical (unpaired) electrons. The van der Waals surface area contributed by atoms with Gasteiger partial charge >= 0.3 is 0 Å². The third-order valence-corrected chi connectivity index (χ3v) is 3.88. The third-order valence-electron chi connectivity index (χ3n) is 3.88. The quantitative estimate of drug-likeness (QED) is 0.749. The van der Waals surface area contributed by atoms with Crippen molar-refractivity contribution in [2.45, 2.75) is 12.5 Å². The average Bonchev–Trinajstić information content (AvgIpc) is 3.31. The maximum atomic E-state index is 4.60. The predicted octanol–water partition coefficient (Wildman–Crippen LogP) is 1.22. The van der Waals surface area contributed by atoms with E-state index < -0.39 is 0 Å². The lowest BCUT2D eigenvalue weighted by Crippen LogP contribution is -2.13. The van der Waals surface area contributed by atoms with Crippen LogP contribution in [0.4, 0.5) is 5.69 Å². The standard InChI is InChI=1S/C16H22N8/c1-17-5-4-16(20-12-19-14-8-21-23(2)11-14)13-7-22-24(10-13)15-3-6-18-9-15/h4-5,7-8,10-11,15,18-19H,1,3,6,9,12H2,2H3/b5-4-,20-16?. The minimum Gasteiger partial charge on any atom is -0.364 e. The number of allylic oxidation sites excluding steroid dienone is 1. The molecule has 0 spiro atoms. The molecule has 2 aromatic rings. The van der Waals surface area contributed by atoms with E-state index in [-0.39, 0.29) is 0 Å². The van der Waals surface area contributed by atoms with Gasteiger partial charge in [-0.15, -0.1) is 0 Å². The van der Waals surface area contributed by atoms with Crippen LogP contribution in [0.25, 0.3) is 0 Å². The van der Waals surface area contributed by atoms with E-state index in [1.165, 1.54) is 0 Å². The molecule has 126 valence electrons. The summed E-state index contributed by atoms with van der Waals surface area (Å²) in [6.07, 6.45) is 12.1. The van der Waals surface area contributed by atoms with Gasteiger partial charge < -0.3 is 10.6 Å². The first-order chi connectivity index (χ1) is 11.8. The molecular formula is C16H22N8. The van der Waals surface area contributed by atoms with Gasteiger partial charge in [0.25, 0.3) is 0 Å². The zero-order valence-electron chi connectivity index (χ0n) is 13.8. The maximum absolute atomic E-state index is 4.60. The second kappa shape index (κ2) is 7.69. The van der Waals surface area contributed by atoms with Crippen LogP contribution in [-0.4, -0.2) is 51.7 Å². The highest BCUT2D eigenvalue weighted by atomic mass is 15.3. The van der Waals surface area contributed by atoms with Gasteiger partial charge in [-0.1, -0.05) is 0 Å².